The number of carbonyl (C=O) groups excluding carboxylic acids is 1. The number of hydrogen-bond acceptors (Lipinski definition) is 3. The van der Waals surface area contributed by atoms with Crippen LogP contribution in [0, 0.1) is 0 Å². The van der Waals surface area contributed by atoms with E-state index in [9.17, 15) is 26.4 Å². The third-order valence-electron chi connectivity index (χ3n) is 2.08. The van der Waals surface area contributed by atoms with Crippen LogP contribution in [0.5, 0.6) is 0 Å². The van der Waals surface area contributed by atoms with Gasteiger partial charge in [0.25, 0.3) is 0 Å². The second-order valence-corrected chi connectivity index (χ2v) is 5.55. The maximum absolute atomic E-state index is 12.4. The number of benzene rings is 1. The Hall–Kier alpha value is -1.61. The number of amides is 1. The minimum absolute atomic E-state index is 0.0354. The number of alkyl halides is 3. The monoisotopic (exact) mass is 296 g/mol. The first kappa shape index (κ1) is 15.4. The third-order valence-corrected chi connectivity index (χ3v) is 3.37. The zero-order chi connectivity index (χ0) is 14.7. The van der Waals surface area contributed by atoms with Gasteiger partial charge in [0.2, 0.25) is 15.9 Å². The van der Waals surface area contributed by atoms with Crippen molar-refractivity contribution in [2.24, 2.45) is 5.73 Å². The van der Waals surface area contributed by atoms with Crippen molar-refractivity contribution in [1.82, 2.24) is 4.72 Å². The molecule has 1 amide bonds. The lowest BCUT2D eigenvalue weighted by molar-refractivity contribution is -0.137. The van der Waals surface area contributed by atoms with Crippen LogP contribution < -0.4 is 10.5 Å². The van der Waals surface area contributed by atoms with Gasteiger partial charge in [-0.15, -0.1) is 0 Å². The van der Waals surface area contributed by atoms with Gasteiger partial charge in [-0.05, 0) is 11.6 Å². The van der Waals surface area contributed by atoms with E-state index in [2.05, 4.69) is 0 Å². The highest BCUT2D eigenvalue weighted by molar-refractivity contribution is 7.88. The van der Waals surface area contributed by atoms with Crippen LogP contribution in [0.3, 0.4) is 0 Å². The lowest BCUT2D eigenvalue weighted by atomic mass is 10.1. The van der Waals surface area contributed by atoms with E-state index < -0.39 is 40.0 Å². The zero-order valence-electron chi connectivity index (χ0n) is 9.57. The number of nitrogens with one attached hydrogen (secondary N) is 1. The maximum Gasteiger partial charge on any atom is 0.416 e. The molecule has 0 spiro atoms. The molecule has 1 rings (SSSR count). The largest absolute Gasteiger partial charge is 0.416 e. The molecule has 3 N–H and O–H groups in total. The molecule has 106 valence electrons. The number of hydrogen-bond donors (Lipinski definition) is 2. The third kappa shape index (κ3) is 5.26. The molecule has 0 aliphatic carbocycles. The Balaban J connectivity index is 2.85. The van der Waals surface area contributed by atoms with Crippen LogP contribution >= 0.6 is 0 Å². The molecule has 0 aromatic heterocycles. The second-order valence-electron chi connectivity index (χ2n) is 3.74. The quantitative estimate of drug-likeness (QED) is 0.834. The Morgan fingerprint density at radius 2 is 1.95 bits per heavy atom. The minimum atomic E-state index is -4.54. The molecular weight excluding hydrogens is 285 g/mol. The van der Waals surface area contributed by atoms with Gasteiger partial charge in [-0.3, -0.25) is 4.79 Å². The molecule has 0 aliphatic heterocycles. The first-order chi connectivity index (χ1) is 8.60. The van der Waals surface area contributed by atoms with Crippen LogP contribution in [0.2, 0.25) is 0 Å². The van der Waals surface area contributed by atoms with Crippen LogP contribution in [-0.2, 0) is 26.7 Å². The summed E-state index contributed by atoms with van der Waals surface area (Å²) in [6.45, 7) is -0.596. The Kier molecular flexibility index (Phi) is 4.53. The number of carbonyl (C=O) groups is 1. The molecular formula is C10H11F3N2O3S. The summed E-state index contributed by atoms with van der Waals surface area (Å²) >= 11 is 0. The van der Waals surface area contributed by atoms with Crippen molar-refractivity contribution in [3.05, 3.63) is 35.4 Å². The van der Waals surface area contributed by atoms with Crippen LogP contribution in [0.1, 0.15) is 11.1 Å². The molecule has 0 radical (unpaired) electrons. The van der Waals surface area contributed by atoms with E-state index in [1.54, 1.807) is 0 Å². The molecule has 1 aromatic carbocycles. The van der Waals surface area contributed by atoms with E-state index in [1.165, 1.54) is 6.07 Å². The van der Waals surface area contributed by atoms with Crippen molar-refractivity contribution < 1.29 is 26.4 Å². The standard InChI is InChI=1S/C10H11F3N2O3S/c11-10(12,13)8-3-1-2-7(4-8)6-19(17,18)15-5-9(14)16/h1-4,15H,5-6H2,(H2,14,16). The Labute approximate surface area is 107 Å². The first-order valence-corrected chi connectivity index (χ1v) is 6.67. The average Bonchev–Trinajstić information content (AvgIpc) is 2.25. The summed E-state index contributed by atoms with van der Waals surface area (Å²) in [7, 11) is -3.91. The van der Waals surface area contributed by atoms with Gasteiger partial charge >= 0.3 is 6.18 Å². The van der Waals surface area contributed by atoms with Gasteiger partial charge in [-0.1, -0.05) is 18.2 Å². The number of nitrogens with two attached hydrogens (primary N) is 1. The highest BCUT2D eigenvalue weighted by atomic mass is 32.2. The normalized spacial score (nSPS) is 12.4. The summed E-state index contributed by atoms with van der Waals surface area (Å²) in [4.78, 5) is 10.4. The van der Waals surface area contributed by atoms with Gasteiger partial charge in [0, 0.05) is 0 Å². The molecule has 1 aromatic rings. The number of halogens is 3. The molecule has 0 saturated heterocycles. The number of sulfonamides is 1. The minimum Gasteiger partial charge on any atom is -0.369 e. The molecule has 5 nitrogen and oxygen atoms in total. The van der Waals surface area contributed by atoms with Crippen molar-refractivity contribution in [2.45, 2.75) is 11.9 Å². The number of rotatable bonds is 5. The van der Waals surface area contributed by atoms with Crippen molar-refractivity contribution >= 4 is 15.9 Å². The number of primary amides is 1. The molecule has 0 aliphatic rings. The van der Waals surface area contributed by atoms with E-state index >= 15 is 0 Å². The average molecular weight is 296 g/mol. The van der Waals surface area contributed by atoms with Gasteiger partial charge < -0.3 is 5.73 Å². The summed E-state index contributed by atoms with van der Waals surface area (Å²) < 4.78 is 62.1. The summed E-state index contributed by atoms with van der Waals surface area (Å²) in [5, 5.41) is 0. The lowest BCUT2D eigenvalue weighted by Crippen LogP contribution is -2.34. The highest BCUT2D eigenvalue weighted by Crippen LogP contribution is 2.29. The second kappa shape index (κ2) is 5.57. The predicted octanol–water partition coefficient (Wildman–Crippen LogP) is 0.610. The molecule has 0 fully saturated rings. The fraction of sp³-hybridized carbons (Fsp3) is 0.300. The fourth-order valence-corrected chi connectivity index (χ4v) is 2.37. The molecule has 0 atom stereocenters. The fourth-order valence-electron chi connectivity index (χ4n) is 1.29. The Morgan fingerprint density at radius 1 is 1.32 bits per heavy atom. The van der Waals surface area contributed by atoms with Gasteiger partial charge in [0.05, 0.1) is 17.9 Å². The van der Waals surface area contributed by atoms with Gasteiger partial charge in [0.15, 0.2) is 0 Å². The van der Waals surface area contributed by atoms with Crippen molar-refractivity contribution in [1.29, 1.82) is 0 Å². The van der Waals surface area contributed by atoms with Crippen LogP contribution in [0.15, 0.2) is 24.3 Å². The van der Waals surface area contributed by atoms with E-state index in [0.29, 0.717) is 0 Å². The summed E-state index contributed by atoms with van der Waals surface area (Å²) in [5.41, 5.74) is 3.79. The van der Waals surface area contributed by atoms with Crippen molar-refractivity contribution in [3.63, 3.8) is 0 Å². The van der Waals surface area contributed by atoms with E-state index in [-0.39, 0.29) is 5.56 Å². The lowest BCUT2D eigenvalue weighted by Gasteiger charge is -2.09. The zero-order valence-corrected chi connectivity index (χ0v) is 10.4. The molecule has 0 saturated carbocycles. The Bertz CT molecular complexity index is 570. The smallest absolute Gasteiger partial charge is 0.369 e. The maximum atomic E-state index is 12.4. The molecule has 0 unspecified atom stereocenters. The Morgan fingerprint density at radius 3 is 2.47 bits per heavy atom. The molecule has 9 heteroatoms. The van der Waals surface area contributed by atoms with Crippen LogP contribution in [0.25, 0.3) is 0 Å². The van der Waals surface area contributed by atoms with E-state index in [4.69, 9.17) is 5.73 Å². The topological polar surface area (TPSA) is 89.3 Å². The molecule has 0 bridgehead atoms. The van der Waals surface area contributed by atoms with Gasteiger partial charge in [-0.2, -0.15) is 13.2 Å². The van der Waals surface area contributed by atoms with Crippen molar-refractivity contribution in [3.8, 4) is 0 Å². The van der Waals surface area contributed by atoms with Crippen LogP contribution in [-0.4, -0.2) is 20.9 Å². The summed E-state index contributed by atoms with van der Waals surface area (Å²) in [6.07, 6.45) is -4.54. The van der Waals surface area contributed by atoms with Gasteiger partial charge in [0.1, 0.15) is 0 Å². The van der Waals surface area contributed by atoms with E-state index in [1.807, 2.05) is 4.72 Å². The summed E-state index contributed by atoms with van der Waals surface area (Å²) in [6, 6.07) is 3.94. The van der Waals surface area contributed by atoms with Gasteiger partial charge in [-0.25, -0.2) is 13.1 Å². The predicted molar refractivity (Wildman–Crippen MR) is 61.3 cm³/mol. The van der Waals surface area contributed by atoms with E-state index in [0.717, 1.165) is 18.2 Å². The van der Waals surface area contributed by atoms with Crippen molar-refractivity contribution in [2.75, 3.05) is 6.54 Å². The summed E-state index contributed by atoms with van der Waals surface area (Å²) in [5.74, 6) is -1.54. The molecule has 0 heterocycles. The SMILES string of the molecule is NC(=O)CNS(=O)(=O)Cc1cccc(C(F)(F)F)c1. The van der Waals surface area contributed by atoms with Crippen LogP contribution in [0.4, 0.5) is 13.2 Å². The highest BCUT2D eigenvalue weighted by Gasteiger charge is 2.30. The molecule has 19 heavy (non-hydrogen) atoms. The first-order valence-electron chi connectivity index (χ1n) is 5.02.